The van der Waals surface area contributed by atoms with Crippen molar-refractivity contribution in [1.29, 1.82) is 0 Å². The highest BCUT2D eigenvalue weighted by Crippen LogP contribution is 1.96. The fourth-order valence-electron chi connectivity index (χ4n) is 0.750. The van der Waals surface area contributed by atoms with Crippen LogP contribution < -0.4 is 0 Å². The Morgan fingerprint density at radius 2 is 2.30 bits per heavy atom. The highest BCUT2D eigenvalue weighted by atomic mass is 32.1. The van der Waals surface area contributed by atoms with Gasteiger partial charge >= 0.3 is 0 Å². The van der Waals surface area contributed by atoms with Crippen LogP contribution in [0.15, 0.2) is 12.4 Å². The molecule has 0 aliphatic rings. The van der Waals surface area contributed by atoms with Gasteiger partial charge < -0.3 is 0 Å². The zero-order valence-electron chi connectivity index (χ0n) is 5.91. The van der Waals surface area contributed by atoms with Crippen molar-refractivity contribution in [3.05, 3.63) is 23.8 Å². The summed E-state index contributed by atoms with van der Waals surface area (Å²) in [6, 6.07) is 0. The molecule has 1 aromatic rings. The molecule has 2 nitrogen and oxygen atoms in total. The smallest absolute Gasteiger partial charge is 0.0598 e. The summed E-state index contributed by atoms with van der Waals surface area (Å²) in [5.41, 5.74) is 1.99. The summed E-state index contributed by atoms with van der Waals surface area (Å²) in [6.07, 6.45) is 4.43. The molecule has 0 amide bonds. The fraction of sp³-hybridized carbons (Fsp3) is 0.429. The maximum atomic E-state index is 4.25. The van der Waals surface area contributed by atoms with Crippen LogP contribution in [0.1, 0.15) is 11.4 Å². The van der Waals surface area contributed by atoms with Crippen LogP contribution in [0, 0.1) is 6.92 Å². The highest BCUT2D eigenvalue weighted by Gasteiger charge is 1.92. The molecule has 0 radical (unpaired) electrons. The Balaban J connectivity index is 2.75. The molecule has 3 heteroatoms. The first-order valence-corrected chi connectivity index (χ1v) is 3.84. The third-order valence-electron chi connectivity index (χ3n) is 1.17. The average molecular weight is 154 g/mol. The molecule has 0 saturated carbocycles. The second-order valence-electron chi connectivity index (χ2n) is 2.13. The first-order chi connectivity index (χ1) is 4.83. The molecule has 0 aliphatic heterocycles. The summed E-state index contributed by atoms with van der Waals surface area (Å²) in [5, 5.41) is 0. The third-order valence-corrected chi connectivity index (χ3v) is 1.40. The Bertz CT molecular complexity index is 213. The molecule has 1 heterocycles. The Morgan fingerprint density at radius 3 is 2.90 bits per heavy atom. The Hall–Kier alpha value is -0.570. The Morgan fingerprint density at radius 1 is 1.50 bits per heavy atom. The van der Waals surface area contributed by atoms with E-state index in [-0.39, 0.29) is 0 Å². The van der Waals surface area contributed by atoms with E-state index >= 15 is 0 Å². The predicted octanol–water partition coefficient (Wildman–Crippen LogP) is 1.26. The summed E-state index contributed by atoms with van der Waals surface area (Å²) in [5.74, 6) is 0.831. The van der Waals surface area contributed by atoms with Gasteiger partial charge in [-0.05, 0) is 12.7 Å². The van der Waals surface area contributed by atoms with Gasteiger partial charge in [0.25, 0.3) is 0 Å². The average Bonchev–Trinajstić information content (AvgIpc) is 1.88. The minimum absolute atomic E-state index is 0.831. The van der Waals surface area contributed by atoms with Crippen LogP contribution in [0.2, 0.25) is 0 Å². The summed E-state index contributed by atoms with van der Waals surface area (Å²) in [4.78, 5) is 8.26. The summed E-state index contributed by atoms with van der Waals surface area (Å²) < 4.78 is 0. The van der Waals surface area contributed by atoms with E-state index in [0.717, 1.165) is 23.6 Å². The lowest BCUT2D eigenvalue weighted by Crippen LogP contribution is -1.94. The molecule has 0 aliphatic carbocycles. The molecule has 0 saturated heterocycles. The highest BCUT2D eigenvalue weighted by molar-refractivity contribution is 7.80. The van der Waals surface area contributed by atoms with E-state index in [9.17, 15) is 0 Å². The topological polar surface area (TPSA) is 25.8 Å². The van der Waals surface area contributed by atoms with Crippen molar-refractivity contribution in [3.63, 3.8) is 0 Å². The van der Waals surface area contributed by atoms with Gasteiger partial charge in [0.2, 0.25) is 0 Å². The molecule has 10 heavy (non-hydrogen) atoms. The van der Waals surface area contributed by atoms with E-state index in [1.165, 1.54) is 0 Å². The quantitative estimate of drug-likeness (QED) is 0.649. The fourth-order valence-corrected chi connectivity index (χ4v) is 0.980. The SMILES string of the molecule is Cc1cncc(CCS)n1. The van der Waals surface area contributed by atoms with E-state index in [1.54, 1.807) is 12.4 Å². The lowest BCUT2D eigenvalue weighted by atomic mass is 10.3. The third kappa shape index (κ3) is 1.99. The number of thiol groups is 1. The van der Waals surface area contributed by atoms with Crippen LogP contribution in [0.25, 0.3) is 0 Å². The summed E-state index contributed by atoms with van der Waals surface area (Å²) in [6.45, 7) is 1.94. The largest absolute Gasteiger partial charge is 0.261 e. The van der Waals surface area contributed by atoms with E-state index in [4.69, 9.17) is 0 Å². The van der Waals surface area contributed by atoms with Crippen LogP contribution in [-0.4, -0.2) is 15.7 Å². The zero-order chi connectivity index (χ0) is 7.40. The minimum Gasteiger partial charge on any atom is -0.261 e. The van der Waals surface area contributed by atoms with Gasteiger partial charge in [0.1, 0.15) is 0 Å². The number of hydrogen-bond acceptors (Lipinski definition) is 3. The van der Waals surface area contributed by atoms with Gasteiger partial charge in [-0.15, -0.1) is 0 Å². The van der Waals surface area contributed by atoms with Gasteiger partial charge in [-0.3, -0.25) is 9.97 Å². The van der Waals surface area contributed by atoms with Crippen molar-refractivity contribution in [2.75, 3.05) is 5.75 Å². The number of aryl methyl sites for hydroxylation is 2. The molecule has 1 rings (SSSR count). The number of hydrogen-bond donors (Lipinski definition) is 1. The van der Waals surface area contributed by atoms with E-state index in [1.807, 2.05) is 6.92 Å². The number of rotatable bonds is 2. The van der Waals surface area contributed by atoms with E-state index in [2.05, 4.69) is 22.6 Å². The first kappa shape index (κ1) is 7.54. The van der Waals surface area contributed by atoms with Crippen LogP contribution in [0.5, 0.6) is 0 Å². The van der Waals surface area contributed by atoms with Crippen LogP contribution in [0.3, 0.4) is 0 Å². The molecule has 0 fully saturated rings. The molecule has 0 aromatic carbocycles. The monoisotopic (exact) mass is 154 g/mol. The van der Waals surface area contributed by atoms with Crippen molar-refractivity contribution in [2.45, 2.75) is 13.3 Å². The molecule has 0 N–H and O–H groups in total. The van der Waals surface area contributed by atoms with Crippen molar-refractivity contribution in [2.24, 2.45) is 0 Å². The van der Waals surface area contributed by atoms with Crippen LogP contribution in [-0.2, 0) is 6.42 Å². The van der Waals surface area contributed by atoms with Gasteiger partial charge in [-0.1, -0.05) is 0 Å². The lowest BCUT2D eigenvalue weighted by Gasteiger charge is -1.95. The maximum absolute atomic E-state index is 4.25. The van der Waals surface area contributed by atoms with Gasteiger partial charge in [0.15, 0.2) is 0 Å². The molecule has 0 spiro atoms. The van der Waals surface area contributed by atoms with Gasteiger partial charge in [-0.25, -0.2) is 0 Å². The van der Waals surface area contributed by atoms with Gasteiger partial charge in [0, 0.05) is 18.8 Å². The standard InChI is InChI=1S/C7H10N2S/c1-6-4-8-5-7(9-6)2-3-10/h4-5,10H,2-3H2,1H3. The summed E-state index contributed by atoms with van der Waals surface area (Å²) >= 11 is 4.10. The second-order valence-corrected chi connectivity index (χ2v) is 2.57. The van der Waals surface area contributed by atoms with E-state index in [0.29, 0.717) is 0 Å². The Kier molecular flexibility index (Phi) is 2.68. The predicted molar refractivity (Wildman–Crippen MR) is 44.3 cm³/mol. The molecular formula is C7H10N2S. The molecular weight excluding hydrogens is 144 g/mol. The van der Waals surface area contributed by atoms with Gasteiger partial charge in [-0.2, -0.15) is 12.6 Å². The number of aromatic nitrogens is 2. The normalized spacial score (nSPS) is 9.80. The first-order valence-electron chi connectivity index (χ1n) is 3.21. The van der Waals surface area contributed by atoms with Gasteiger partial charge in [0.05, 0.1) is 11.4 Å². The molecule has 1 aromatic heterocycles. The molecule has 0 bridgehead atoms. The van der Waals surface area contributed by atoms with Crippen molar-refractivity contribution in [1.82, 2.24) is 9.97 Å². The second kappa shape index (κ2) is 3.56. The Labute approximate surface area is 66.1 Å². The lowest BCUT2D eigenvalue weighted by molar-refractivity contribution is 0.977. The van der Waals surface area contributed by atoms with Crippen molar-refractivity contribution < 1.29 is 0 Å². The number of nitrogens with zero attached hydrogens (tertiary/aromatic N) is 2. The van der Waals surface area contributed by atoms with Crippen LogP contribution >= 0.6 is 12.6 Å². The molecule has 54 valence electrons. The zero-order valence-corrected chi connectivity index (χ0v) is 6.80. The summed E-state index contributed by atoms with van der Waals surface area (Å²) in [7, 11) is 0. The van der Waals surface area contributed by atoms with Crippen molar-refractivity contribution >= 4 is 12.6 Å². The molecule has 0 unspecified atom stereocenters. The van der Waals surface area contributed by atoms with Crippen molar-refractivity contribution in [3.8, 4) is 0 Å². The maximum Gasteiger partial charge on any atom is 0.0598 e. The van der Waals surface area contributed by atoms with E-state index < -0.39 is 0 Å². The van der Waals surface area contributed by atoms with Crippen LogP contribution in [0.4, 0.5) is 0 Å². The molecule has 0 atom stereocenters. The minimum atomic E-state index is 0.831.